The number of halogens is 1. The standard InChI is InChI=1S/C19H23ClN2O.C2H6/c1-14-6-7-19(18(20)12-14)22(2)15-4-3-5-17(13-15)23-16-8-10-21-11-9-16;1-2/h3-7,12-13,16,21H,8-11H2,1-2H3;1-2H3. The molecule has 3 rings (SSSR count). The molecule has 0 atom stereocenters. The Kier molecular flexibility index (Phi) is 7.60. The van der Waals surface area contributed by atoms with Gasteiger partial charge in [-0.15, -0.1) is 0 Å². The van der Waals surface area contributed by atoms with Crippen molar-refractivity contribution in [1.82, 2.24) is 5.32 Å². The highest BCUT2D eigenvalue weighted by molar-refractivity contribution is 6.33. The number of hydrogen-bond acceptors (Lipinski definition) is 3. The van der Waals surface area contributed by atoms with E-state index in [1.54, 1.807) is 0 Å². The molecule has 0 aliphatic carbocycles. The number of benzene rings is 2. The zero-order valence-corrected chi connectivity index (χ0v) is 16.4. The highest BCUT2D eigenvalue weighted by Gasteiger charge is 2.15. The molecule has 2 aromatic rings. The summed E-state index contributed by atoms with van der Waals surface area (Å²) in [5.74, 6) is 0.921. The molecule has 1 N–H and O–H groups in total. The number of nitrogens with one attached hydrogen (secondary N) is 1. The van der Waals surface area contributed by atoms with E-state index in [-0.39, 0.29) is 0 Å². The second kappa shape index (κ2) is 9.69. The van der Waals surface area contributed by atoms with E-state index in [0.717, 1.165) is 53.6 Å². The zero-order valence-electron chi connectivity index (χ0n) is 15.7. The maximum atomic E-state index is 6.39. The lowest BCUT2D eigenvalue weighted by molar-refractivity contribution is 0.162. The predicted molar refractivity (Wildman–Crippen MR) is 109 cm³/mol. The van der Waals surface area contributed by atoms with Crippen molar-refractivity contribution in [3.63, 3.8) is 0 Å². The molecule has 1 heterocycles. The number of hydrogen-bond donors (Lipinski definition) is 1. The number of nitrogens with zero attached hydrogens (tertiary/aromatic N) is 1. The number of ether oxygens (including phenoxy) is 1. The van der Waals surface area contributed by atoms with Gasteiger partial charge in [-0.3, -0.25) is 0 Å². The highest BCUT2D eigenvalue weighted by Crippen LogP contribution is 2.33. The van der Waals surface area contributed by atoms with Crippen LogP contribution in [0.5, 0.6) is 5.75 Å². The van der Waals surface area contributed by atoms with Crippen molar-refractivity contribution in [3.05, 3.63) is 53.1 Å². The van der Waals surface area contributed by atoms with Crippen LogP contribution < -0.4 is 15.0 Å². The molecule has 1 fully saturated rings. The Bertz CT molecular complexity index is 669. The third kappa shape index (κ3) is 5.38. The molecule has 0 amide bonds. The molecule has 0 bridgehead atoms. The van der Waals surface area contributed by atoms with Crippen molar-refractivity contribution in [1.29, 1.82) is 0 Å². The topological polar surface area (TPSA) is 24.5 Å². The van der Waals surface area contributed by atoms with E-state index in [2.05, 4.69) is 34.5 Å². The first-order valence-electron chi connectivity index (χ1n) is 9.11. The summed E-state index contributed by atoms with van der Waals surface area (Å²) < 4.78 is 6.13. The fourth-order valence-electron chi connectivity index (χ4n) is 2.89. The van der Waals surface area contributed by atoms with Gasteiger partial charge in [-0.2, -0.15) is 0 Å². The van der Waals surface area contributed by atoms with Gasteiger partial charge in [0.15, 0.2) is 0 Å². The van der Waals surface area contributed by atoms with E-state index in [9.17, 15) is 0 Å². The van der Waals surface area contributed by atoms with E-state index in [1.807, 2.05) is 46.0 Å². The van der Waals surface area contributed by atoms with Crippen LogP contribution in [0.2, 0.25) is 5.02 Å². The Hall–Kier alpha value is -1.71. The Morgan fingerprint density at radius 1 is 1.08 bits per heavy atom. The highest BCUT2D eigenvalue weighted by atomic mass is 35.5. The summed E-state index contributed by atoms with van der Waals surface area (Å²) in [6, 6.07) is 14.3. The van der Waals surface area contributed by atoms with Crippen LogP contribution in [0.3, 0.4) is 0 Å². The third-order valence-corrected chi connectivity index (χ3v) is 4.56. The van der Waals surface area contributed by atoms with Crippen LogP contribution in [0.1, 0.15) is 32.3 Å². The number of anilines is 2. The Balaban J connectivity index is 0.00000109. The van der Waals surface area contributed by atoms with Gasteiger partial charge in [0, 0.05) is 18.8 Å². The Morgan fingerprint density at radius 3 is 2.48 bits per heavy atom. The van der Waals surface area contributed by atoms with Crippen LogP contribution in [-0.4, -0.2) is 26.2 Å². The average molecular weight is 361 g/mol. The first kappa shape index (κ1) is 19.6. The smallest absolute Gasteiger partial charge is 0.121 e. The van der Waals surface area contributed by atoms with Crippen LogP contribution in [0.25, 0.3) is 0 Å². The van der Waals surface area contributed by atoms with Crippen molar-refractivity contribution >= 4 is 23.0 Å². The van der Waals surface area contributed by atoms with Gasteiger partial charge in [-0.25, -0.2) is 0 Å². The first-order chi connectivity index (χ1) is 12.1. The molecule has 1 saturated heterocycles. The maximum absolute atomic E-state index is 6.39. The van der Waals surface area contributed by atoms with Gasteiger partial charge in [0.1, 0.15) is 11.9 Å². The van der Waals surface area contributed by atoms with Crippen molar-refractivity contribution in [2.24, 2.45) is 0 Å². The lowest BCUT2D eigenvalue weighted by atomic mass is 10.1. The molecule has 3 nitrogen and oxygen atoms in total. The van der Waals surface area contributed by atoms with Gasteiger partial charge in [0.25, 0.3) is 0 Å². The first-order valence-corrected chi connectivity index (χ1v) is 9.48. The molecule has 0 spiro atoms. The normalized spacial score (nSPS) is 14.4. The van der Waals surface area contributed by atoms with Gasteiger partial charge in [0.05, 0.1) is 10.7 Å². The fourth-order valence-corrected chi connectivity index (χ4v) is 3.26. The number of rotatable bonds is 4. The minimum Gasteiger partial charge on any atom is -0.490 e. The van der Waals surface area contributed by atoms with Crippen LogP contribution >= 0.6 is 11.6 Å². The summed E-state index contributed by atoms with van der Waals surface area (Å²) in [4.78, 5) is 2.09. The monoisotopic (exact) mass is 360 g/mol. The Labute approximate surface area is 156 Å². The molecule has 2 aromatic carbocycles. The lowest BCUT2D eigenvalue weighted by Gasteiger charge is -2.25. The summed E-state index contributed by atoms with van der Waals surface area (Å²) in [6.07, 6.45) is 2.42. The van der Waals surface area contributed by atoms with E-state index < -0.39 is 0 Å². The van der Waals surface area contributed by atoms with Crippen molar-refractivity contribution < 1.29 is 4.74 Å². The summed E-state index contributed by atoms with van der Waals surface area (Å²) in [6.45, 7) is 8.11. The van der Waals surface area contributed by atoms with Crippen molar-refractivity contribution in [2.45, 2.75) is 39.7 Å². The molecule has 0 radical (unpaired) electrons. The third-order valence-electron chi connectivity index (χ3n) is 4.26. The van der Waals surface area contributed by atoms with E-state index >= 15 is 0 Å². The second-order valence-electron chi connectivity index (χ2n) is 6.08. The summed E-state index contributed by atoms with van der Waals surface area (Å²) in [7, 11) is 2.03. The minimum absolute atomic E-state index is 0.305. The second-order valence-corrected chi connectivity index (χ2v) is 6.49. The summed E-state index contributed by atoms with van der Waals surface area (Å²) in [5.41, 5.74) is 3.23. The Morgan fingerprint density at radius 2 is 1.80 bits per heavy atom. The van der Waals surface area contributed by atoms with Gasteiger partial charge >= 0.3 is 0 Å². The molecule has 136 valence electrons. The molecule has 1 aliphatic rings. The van der Waals surface area contributed by atoms with Gasteiger partial charge in [-0.05, 0) is 62.7 Å². The average Bonchev–Trinajstić information content (AvgIpc) is 2.64. The molecule has 0 unspecified atom stereocenters. The van der Waals surface area contributed by atoms with Crippen LogP contribution in [0, 0.1) is 6.92 Å². The van der Waals surface area contributed by atoms with E-state index in [0.29, 0.717) is 6.10 Å². The molecule has 1 aliphatic heterocycles. The van der Waals surface area contributed by atoms with Gasteiger partial charge in [-0.1, -0.05) is 37.6 Å². The van der Waals surface area contributed by atoms with Gasteiger partial charge < -0.3 is 15.0 Å². The maximum Gasteiger partial charge on any atom is 0.121 e. The SMILES string of the molecule is CC.Cc1ccc(N(C)c2cccc(OC3CCNCC3)c2)c(Cl)c1. The summed E-state index contributed by atoms with van der Waals surface area (Å²) in [5, 5.41) is 4.12. The van der Waals surface area contributed by atoms with Crippen LogP contribution in [-0.2, 0) is 0 Å². The molecule has 25 heavy (non-hydrogen) atoms. The van der Waals surface area contributed by atoms with Crippen molar-refractivity contribution in [2.75, 3.05) is 25.0 Å². The molecule has 0 saturated carbocycles. The molecule has 0 aromatic heterocycles. The fraction of sp³-hybridized carbons (Fsp3) is 0.429. The van der Waals surface area contributed by atoms with E-state index in [4.69, 9.17) is 16.3 Å². The van der Waals surface area contributed by atoms with Crippen LogP contribution in [0.4, 0.5) is 11.4 Å². The number of aryl methyl sites for hydroxylation is 1. The lowest BCUT2D eigenvalue weighted by Crippen LogP contribution is -2.34. The largest absolute Gasteiger partial charge is 0.490 e. The predicted octanol–water partition coefficient (Wildman–Crippen LogP) is 5.57. The van der Waals surface area contributed by atoms with Crippen LogP contribution in [0.15, 0.2) is 42.5 Å². The van der Waals surface area contributed by atoms with E-state index in [1.165, 1.54) is 0 Å². The quantitative estimate of drug-likeness (QED) is 0.770. The minimum atomic E-state index is 0.305. The molecule has 4 heteroatoms. The summed E-state index contributed by atoms with van der Waals surface area (Å²) >= 11 is 6.39. The van der Waals surface area contributed by atoms with Gasteiger partial charge in [0.2, 0.25) is 0 Å². The zero-order chi connectivity index (χ0) is 18.2. The van der Waals surface area contributed by atoms with Crippen molar-refractivity contribution in [3.8, 4) is 5.75 Å². The number of piperidine rings is 1. The molecular formula is C21H29ClN2O. The molecular weight excluding hydrogens is 332 g/mol.